The van der Waals surface area contributed by atoms with Crippen molar-refractivity contribution in [2.45, 2.75) is 24.9 Å². The quantitative estimate of drug-likeness (QED) is 0.508. The van der Waals surface area contributed by atoms with E-state index in [2.05, 4.69) is 22.1 Å². The van der Waals surface area contributed by atoms with Gasteiger partial charge in [-0.25, -0.2) is 4.98 Å². The lowest BCUT2D eigenvalue weighted by Crippen LogP contribution is -2.02. The first-order chi connectivity index (χ1) is 11.3. The molecule has 0 aliphatic carbocycles. The van der Waals surface area contributed by atoms with Gasteiger partial charge in [0.1, 0.15) is 0 Å². The number of carbonyl (C=O) groups is 1. The molecule has 118 valence electrons. The molecule has 3 rings (SSSR count). The number of hydrogen-bond donors (Lipinski definition) is 1. The standard InChI is InChI=1S/C17H17N3OS2/c1-2-4-12-6-8-13(9-7-12)14(21)11-23-17-18-16(19-20-17)15-5-3-10-22-15/h3,5-10H,2,4,11H2,1H3,(H,18,19,20). The maximum atomic E-state index is 12.2. The normalized spacial score (nSPS) is 10.8. The Balaban J connectivity index is 1.58. The van der Waals surface area contributed by atoms with Crippen molar-refractivity contribution in [1.29, 1.82) is 0 Å². The number of benzene rings is 1. The van der Waals surface area contributed by atoms with Crippen molar-refractivity contribution >= 4 is 28.9 Å². The Morgan fingerprint density at radius 3 is 2.78 bits per heavy atom. The summed E-state index contributed by atoms with van der Waals surface area (Å²) < 4.78 is 0. The van der Waals surface area contributed by atoms with Crippen LogP contribution in [0.15, 0.2) is 46.9 Å². The Labute approximate surface area is 143 Å². The largest absolute Gasteiger partial charge is 0.293 e. The third-order valence-corrected chi connectivity index (χ3v) is 5.09. The summed E-state index contributed by atoms with van der Waals surface area (Å²) >= 11 is 2.96. The highest BCUT2D eigenvalue weighted by Crippen LogP contribution is 2.23. The third kappa shape index (κ3) is 4.09. The maximum absolute atomic E-state index is 12.2. The molecule has 0 aliphatic rings. The molecular weight excluding hydrogens is 326 g/mol. The number of Topliss-reactive ketones (excluding diaryl/α,β-unsaturated/α-hetero) is 1. The van der Waals surface area contributed by atoms with Gasteiger partial charge in [-0.3, -0.25) is 9.89 Å². The number of aromatic amines is 1. The molecule has 0 amide bonds. The van der Waals surface area contributed by atoms with Gasteiger partial charge >= 0.3 is 0 Å². The van der Waals surface area contributed by atoms with E-state index >= 15 is 0 Å². The Bertz CT molecular complexity index is 764. The SMILES string of the molecule is CCCc1ccc(C(=O)CSc2n[nH]c(-c3cccs3)n2)cc1. The number of nitrogens with zero attached hydrogens (tertiary/aromatic N) is 2. The summed E-state index contributed by atoms with van der Waals surface area (Å²) in [5.74, 6) is 1.19. The number of thioether (sulfide) groups is 1. The van der Waals surface area contributed by atoms with Gasteiger partial charge < -0.3 is 0 Å². The summed E-state index contributed by atoms with van der Waals surface area (Å²) in [4.78, 5) is 17.7. The Morgan fingerprint density at radius 1 is 1.26 bits per heavy atom. The van der Waals surface area contributed by atoms with Crippen molar-refractivity contribution in [3.8, 4) is 10.7 Å². The highest BCUT2D eigenvalue weighted by Gasteiger charge is 2.11. The van der Waals surface area contributed by atoms with Gasteiger partial charge in [-0.2, -0.15) is 0 Å². The third-order valence-electron chi connectivity index (χ3n) is 3.37. The van der Waals surface area contributed by atoms with Crippen molar-refractivity contribution in [3.05, 3.63) is 52.9 Å². The molecule has 4 nitrogen and oxygen atoms in total. The average molecular weight is 343 g/mol. The molecule has 0 unspecified atom stereocenters. The molecule has 0 radical (unpaired) electrons. The number of thiophene rings is 1. The van der Waals surface area contributed by atoms with Gasteiger partial charge in [0.15, 0.2) is 11.6 Å². The number of carbonyl (C=O) groups excluding carboxylic acids is 1. The van der Waals surface area contributed by atoms with Crippen LogP contribution in [0.4, 0.5) is 0 Å². The van der Waals surface area contributed by atoms with Crippen LogP contribution in [0.2, 0.25) is 0 Å². The topological polar surface area (TPSA) is 58.6 Å². The van der Waals surface area contributed by atoms with Crippen molar-refractivity contribution in [2.75, 3.05) is 5.75 Å². The van der Waals surface area contributed by atoms with E-state index in [-0.39, 0.29) is 5.78 Å². The second-order valence-corrected chi connectivity index (χ2v) is 6.99. The lowest BCUT2D eigenvalue weighted by molar-refractivity contribution is 0.102. The van der Waals surface area contributed by atoms with Crippen LogP contribution in [-0.2, 0) is 6.42 Å². The number of nitrogens with one attached hydrogen (secondary N) is 1. The number of H-pyrrole nitrogens is 1. The maximum Gasteiger partial charge on any atom is 0.209 e. The number of hydrogen-bond acceptors (Lipinski definition) is 5. The van der Waals surface area contributed by atoms with Gasteiger partial charge in [-0.15, -0.1) is 16.4 Å². The highest BCUT2D eigenvalue weighted by atomic mass is 32.2. The molecule has 0 spiro atoms. The van der Waals surface area contributed by atoms with Gasteiger partial charge in [0.2, 0.25) is 5.16 Å². The summed E-state index contributed by atoms with van der Waals surface area (Å²) in [7, 11) is 0. The summed E-state index contributed by atoms with van der Waals surface area (Å²) in [5.41, 5.74) is 2.01. The van der Waals surface area contributed by atoms with E-state index in [0.29, 0.717) is 10.9 Å². The van der Waals surface area contributed by atoms with Crippen molar-refractivity contribution in [2.24, 2.45) is 0 Å². The van der Waals surface area contributed by atoms with Crippen molar-refractivity contribution in [3.63, 3.8) is 0 Å². The first kappa shape index (κ1) is 16.0. The van der Waals surface area contributed by atoms with Gasteiger partial charge in [0, 0.05) is 5.56 Å². The summed E-state index contributed by atoms with van der Waals surface area (Å²) in [6, 6.07) is 11.8. The minimum absolute atomic E-state index is 0.0977. The minimum atomic E-state index is 0.0977. The predicted molar refractivity (Wildman–Crippen MR) is 95.2 cm³/mol. The first-order valence-corrected chi connectivity index (χ1v) is 9.34. The summed E-state index contributed by atoms with van der Waals surface area (Å²) in [5, 5.41) is 9.67. The molecule has 0 aliphatic heterocycles. The molecule has 0 saturated heterocycles. The monoisotopic (exact) mass is 343 g/mol. The summed E-state index contributed by atoms with van der Waals surface area (Å²) in [6.07, 6.45) is 2.16. The minimum Gasteiger partial charge on any atom is -0.293 e. The molecule has 2 aromatic heterocycles. The Hall–Kier alpha value is -1.92. The van der Waals surface area contributed by atoms with Crippen molar-refractivity contribution < 1.29 is 4.79 Å². The van der Waals surface area contributed by atoms with Crippen LogP contribution in [-0.4, -0.2) is 26.7 Å². The molecule has 6 heteroatoms. The first-order valence-electron chi connectivity index (χ1n) is 7.47. The van der Waals surface area contributed by atoms with Gasteiger partial charge in [0.25, 0.3) is 0 Å². The van der Waals surface area contributed by atoms with Crippen LogP contribution in [0.25, 0.3) is 10.7 Å². The fourth-order valence-electron chi connectivity index (χ4n) is 2.19. The van der Waals surface area contributed by atoms with E-state index in [1.165, 1.54) is 17.3 Å². The van der Waals surface area contributed by atoms with Crippen LogP contribution in [0.1, 0.15) is 29.3 Å². The molecule has 23 heavy (non-hydrogen) atoms. The van der Waals surface area contributed by atoms with Crippen LogP contribution in [0.5, 0.6) is 0 Å². The number of aryl methyl sites for hydroxylation is 1. The number of rotatable bonds is 7. The van der Waals surface area contributed by atoms with Gasteiger partial charge in [-0.05, 0) is 23.4 Å². The summed E-state index contributed by atoms with van der Waals surface area (Å²) in [6.45, 7) is 2.15. The fraction of sp³-hybridized carbons (Fsp3) is 0.235. The van der Waals surface area contributed by atoms with Crippen molar-refractivity contribution in [1.82, 2.24) is 15.2 Å². The molecule has 0 atom stereocenters. The zero-order chi connectivity index (χ0) is 16.1. The molecule has 3 aromatic rings. The van der Waals surface area contributed by atoms with Crippen LogP contribution < -0.4 is 0 Å². The molecule has 0 bridgehead atoms. The van der Waals surface area contributed by atoms with E-state index in [1.54, 1.807) is 11.3 Å². The van der Waals surface area contributed by atoms with E-state index in [4.69, 9.17) is 0 Å². The zero-order valence-electron chi connectivity index (χ0n) is 12.8. The lowest BCUT2D eigenvalue weighted by atomic mass is 10.1. The Morgan fingerprint density at radius 2 is 2.09 bits per heavy atom. The molecular formula is C17H17N3OS2. The number of aromatic nitrogens is 3. The predicted octanol–water partition coefficient (Wildman–Crippen LogP) is 4.46. The lowest BCUT2D eigenvalue weighted by Gasteiger charge is -2.02. The second kappa shape index (κ2) is 7.57. The van der Waals surface area contributed by atoms with Crippen LogP contribution in [0.3, 0.4) is 0 Å². The number of ketones is 1. The fourth-order valence-corrected chi connectivity index (χ4v) is 3.55. The average Bonchev–Trinajstić information content (AvgIpc) is 3.25. The molecule has 1 aromatic carbocycles. The molecule has 0 fully saturated rings. The molecule has 1 N–H and O–H groups in total. The van der Waals surface area contributed by atoms with Gasteiger partial charge in [-0.1, -0.05) is 55.4 Å². The van der Waals surface area contributed by atoms with Crippen LogP contribution in [0, 0.1) is 0 Å². The van der Waals surface area contributed by atoms with E-state index in [9.17, 15) is 4.79 Å². The molecule has 2 heterocycles. The van der Waals surface area contributed by atoms with E-state index < -0.39 is 0 Å². The van der Waals surface area contributed by atoms with E-state index in [0.717, 1.165) is 29.1 Å². The highest BCUT2D eigenvalue weighted by molar-refractivity contribution is 7.99. The molecule has 0 saturated carbocycles. The van der Waals surface area contributed by atoms with E-state index in [1.807, 2.05) is 41.8 Å². The zero-order valence-corrected chi connectivity index (χ0v) is 14.4. The van der Waals surface area contributed by atoms with Gasteiger partial charge in [0.05, 0.1) is 10.6 Å². The van der Waals surface area contributed by atoms with Crippen LogP contribution >= 0.6 is 23.1 Å². The Kier molecular flexibility index (Phi) is 5.25. The smallest absolute Gasteiger partial charge is 0.209 e. The second-order valence-electron chi connectivity index (χ2n) is 5.10.